The molecule has 5 heteroatoms. The highest BCUT2D eigenvalue weighted by molar-refractivity contribution is 5.93. The van der Waals surface area contributed by atoms with Gasteiger partial charge in [0.2, 0.25) is 5.91 Å². The van der Waals surface area contributed by atoms with Crippen LogP contribution in [0.2, 0.25) is 0 Å². The summed E-state index contributed by atoms with van der Waals surface area (Å²) >= 11 is 0. The molecule has 1 N–H and O–H groups in total. The Morgan fingerprint density at radius 1 is 1.41 bits per heavy atom. The normalized spacial score (nSPS) is 9.41. The minimum absolute atomic E-state index is 0.0589. The predicted molar refractivity (Wildman–Crippen MR) is 61.4 cm³/mol. The third-order valence-electron chi connectivity index (χ3n) is 2.24. The fraction of sp³-hybridized carbons (Fsp3) is 0.250. The maximum atomic E-state index is 11.4. The van der Waals surface area contributed by atoms with E-state index in [-0.39, 0.29) is 18.9 Å². The van der Waals surface area contributed by atoms with Crippen molar-refractivity contribution in [1.82, 2.24) is 0 Å². The van der Waals surface area contributed by atoms with Gasteiger partial charge in [-0.25, -0.2) is 0 Å². The standard InChI is InChI=1S/C12H12N2O3/c1-9(15)14(7-6-12(16)17)11-5-3-2-4-10(11)8-13/h2-5H,6-7H2,1H3,(H,16,17). The van der Waals surface area contributed by atoms with Crippen molar-refractivity contribution in [2.75, 3.05) is 11.4 Å². The number of carbonyl (C=O) groups excluding carboxylic acids is 1. The van der Waals surface area contributed by atoms with Crippen LogP contribution < -0.4 is 4.90 Å². The Labute approximate surface area is 98.9 Å². The van der Waals surface area contributed by atoms with E-state index in [4.69, 9.17) is 10.4 Å². The second kappa shape index (κ2) is 5.66. The van der Waals surface area contributed by atoms with Crippen molar-refractivity contribution in [3.8, 4) is 6.07 Å². The number of nitrogens with zero attached hydrogens (tertiary/aromatic N) is 2. The van der Waals surface area contributed by atoms with Gasteiger partial charge in [-0.15, -0.1) is 0 Å². The molecule has 1 aromatic rings. The SMILES string of the molecule is CC(=O)N(CCC(=O)O)c1ccccc1C#N. The molecule has 0 heterocycles. The van der Waals surface area contributed by atoms with E-state index < -0.39 is 5.97 Å². The van der Waals surface area contributed by atoms with E-state index in [0.717, 1.165) is 0 Å². The Kier molecular flexibility index (Phi) is 4.23. The number of hydrogen-bond acceptors (Lipinski definition) is 3. The fourth-order valence-corrected chi connectivity index (χ4v) is 1.46. The Bertz CT molecular complexity index is 477. The van der Waals surface area contributed by atoms with E-state index in [0.29, 0.717) is 11.3 Å². The minimum atomic E-state index is -0.981. The van der Waals surface area contributed by atoms with Crippen LogP contribution in [0, 0.1) is 11.3 Å². The molecule has 0 aliphatic heterocycles. The predicted octanol–water partition coefficient (Wildman–Crippen LogP) is 1.39. The van der Waals surface area contributed by atoms with Crippen molar-refractivity contribution in [3.63, 3.8) is 0 Å². The van der Waals surface area contributed by atoms with E-state index in [9.17, 15) is 9.59 Å². The van der Waals surface area contributed by atoms with Crippen LogP contribution in [0.15, 0.2) is 24.3 Å². The van der Waals surface area contributed by atoms with Crippen LogP contribution in [0.25, 0.3) is 0 Å². The molecule has 0 spiro atoms. The van der Waals surface area contributed by atoms with Crippen LogP contribution in [0.5, 0.6) is 0 Å². The Morgan fingerprint density at radius 3 is 2.59 bits per heavy atom. The zero-order valence-corrected chi connectivity index (χ0v) is 9.38. The molecule has 0 aliphatic carbocycles. The second-order valence-corrected chi connectivity index (χ2v) is 3.44. The summed E-state index contributed by atoms with van der Waals surface area (Å²) in [6.45, 7) is 1.40. The van der Waals surface area contributed by atoms with E-state index in [2.05, 4.69) is 0 Å². The van der Waals surface area contributed by atoms with E-state index in [1.807, 2.05) is 6.07 Å². The number of anilines is 1. The lowest BCUT2D eigenvalue weighted by molar-refractivity contribution is -0.136. The molecule has 0 aromatic heterocycles. The highest BCUT2D eigenvalue weighted by atomic mass is 16.4. The lowest BCUT2D eigenvalue weighted by Crippen LogP contribution is -2.31. The summed E-state index contributed by atoms with van der Waals surface area (Å²) in [5.74, 6) is -1.26. The Hall–Kier alpha value is -2.35. The molecule has 0 atom stereocenters. The molecule has 0 fully saturated rings. The molecule has 1 rings (SSSR count). The lowest BCUT2D eigenvalue weighted by atomic mass is 10.1. The van der Waals surface area contributed by atoms with Gasteiger partial charge >= 0.3 is 5.97 Å². The molecule has 0 bridgehead atoms. The van der Waals surface area contributed by atoms with Crippen molar-refractivity contribution >= 4 is 17.6 Å². The number of amides is 1. The molecule has 0 aliphatic rings. The summed E-state index contributed by atoms with van der Waals surface area (Å²) in [6, 6.07) is 8.59. The number of rotatable bonds is 4. The highest BCUT2D eigenvalue weighted by Crippen LogP contribution is 2.19. The number of nitriles is 1. The first-order chi connectivity index (χ1) is 8.06. The van der Waals surface area contributed by atoms with Crippen molar-refractivity contribution < 1.29 is 14.7 Å². The minimum Gasteiger partial charge on any atom is -0.481 e. The molecule has 5 nitrogen and oxygen atoms in total. The fourth-order valence-electron chi connectivity index (χ4n) is 1.46. The van der Waals surface area contributed by atoms with Gasteiger partial charge in [0.15, 0.2) is 0 Å². The average Bonchev–Trinajstić information content (AvgIpc) is 2.29. The third-order valence-corrected chi connectivity index (χ3v) is 2.24. The van der Waals surface area contributed by atoms with Gasteiger partial charge in [-0.3, -0.25) is 9.59 Å². The van der Waals surface area contributed by atoms with Gasteiger partial charge in [0.1, 0.15) is 6.07 Å². The first kappa shape index (κ1) is 12.7. The zero-order valence-electron chi connectivity index (χ0n) is 9.38. The van der Waals surface area contributed by atoms with Crippen LogP contribution in [-0.2, 0) is 9.59 Å². The number of para-hydroxylation sites is 1. The number of hydrogen-bond donors (Lipinski definition) is 1. The first-order valence-electron chi connectivity index (χ1n) is 5.05. The second-order valence-electron chi connectivity index (χ2n) is 3.44. The smallest absolute Gasteiger partial charge is 0.305 e. The van der Waals surface area contributed by atoms with Crippen LogP contribution in [0.1, 0.15) is 18.9 Å². The molecular formula is C12H12N2O3. The Morgan fingerprint density at radius 2 is 2.06 bits per heavy atom. The first-order valence-corrected chi connectivity index (χ1v) is 5.05. The van der Waals surface area contributed by atoms with Gasteiger partial charge in [-0.05, 0) is 12.1 Å². The largest absolute Gasteiger partial charge is 0.481 e. The van der Waals surface area contributed by atoms with E-state index in [1.54, 1.807) is 24.3 Å². The van der Waals surface area contributed by atoms with Crippen LogP contribution >= 0.6 is 0 Å². The molecule has 1 amide bonds. The van der Waals surface area contributed by atoms with Gasteiger partial charge < -0.3 is 10.0 Å². The molecule has 0 saturated heterocycles. The molecule has 0 radical (unpaired) electrons. The van der Waals surface area contributed by atoms with Gasteiger partial charge in [0.25, 0.3) is 0 Å². The number of aliphatic carboxylic acids is 1. The van der Waals surface area contributed by atoms with Gasteiger partial charge in [0, 0.05) is 13.5 Å². The van der Waals surface area contributed by atoms with Crippen molar-refractivity contribution in [3.05, 3.63) is 29.8 Å². The molecule has 17 heavy (non-hydrogen) atoms. The van der Waals surface area contributed by atoms with Crippen LogP contribution in [0.3, 0.4) is 0 Å². The van der Waals surface area contributed by atoms with Gasteiger partial charge in [0.05, 0.1) is 17.7 Å². The summed E-state index contributed by atoms with van der Waals surface area (Å²) in [7, 11) is 0. The van der Waals surface area contributed by atoms with Gasteiger partial charge in [-0.2, -0.15) is 5.26 Å². The third kappa shape index (κ3) is 3.31. The molecule has 88 valence electrons. The topological polar surface area (TPSA) is 81.4 Å². The lowest BCUT2D eigenvalue weighted by Gasteiger charge is -2.21. The van der Waals surface area contributed by atoms with Gasteiger partial charge in [-0.1, -0.05) is 12.1 Å². The molecule has 1 aromatic carbocycles. The quantitative estimate of drug-likeness (QED) is 0.850. The zero-order chi connectivity index (χ0) is 12.8. The Balaban J connectivity index is 3.02. The number of carboxylic acid groups (broad SMARTS) is 1. The summed E-state index contributed by atoms with van der Waals surface area (Å²) in [5.41, 5.74) is 0.803. The molecular weight excluding hydrogens is 220 g/mol. The monoisotopic (exact) mass is 232 g/mol. The molecule has 0 saturated carbocycles. The van der Waals surface area contributed by atoms with E-state index >= 15 is 0 Å². The maximum absolute atomic E-state index is 11.4. The summed E-state index contributed by atoms with van der Waals surface area (Å²) in [5, 5.41) is 17.5. The van der Waals surface area contributed by atoms with E-state index in [1.165, 1.54) is 11.8 Å². The maximum Gasteiger partial charge on any atom is 0.305 e. The van der Waals surface area contributed by atoms with Crippen molar-refractivity contribution in [2.45, 2.75) is 13.3 Å². The number of carbonyl (C=O) groups is 2. The summed E-state index contributed by atoms with van der Waals surface area (Å²) in [4.78, 5) is 23.3. The number of carboxylic acids is 1. The van der Waals surface area contributed by atoms with Crippen molar-refractivity contribution in [1.29, 1.82) is 5.26 Å². The highest BCUT2D eigenvalue weighted by Gasteiger charge is 2.15. The summed E-state index contributed by atoms with van der Waals surface area (Å²) in [6.07, 6.45) is -0.153. The number of benzene rings is 1. The van der Waals surface area contributed by atoms with Crippen LogP contribution in [-0.4, -0.2) is 23.5 Å². The van der Waals surface area contributed by atoms with Crippen LogP contribution in [0.4, 0.5) is 5.69 Å². The van der Waals surface area contributed by atoms with Crippen molar-refractivity contribution in [2.24, 2.45) is 0 Å². The molecule has 0 unspecified atom stereocenters. The summed E-state index contributed by atoms with van der Waals surface area (Å²) < 4.78 is 0. The average molecular weight is 232 g/mol.